The monoisotopic (exact) mass is 221 g/mol. The third-order valence-corrected chi connectivity index (χ3v) is 2.92. The van der Waals surface area contributed by atoms with E-state index in [9.17, 15) is 0 Å². The van der Waals surface area contributed by atoms with Crippen molar-refractivity contribution in [3.05, 3.63) is 11.6 Å². The maximum atomic E-state index is 8.42. The lowest BCUT2D eigenvalue weighted by Crippen LogP contribution is -1.82. The number of hydrogen-bond acceptors (Lipinski definition) is 1. The minimum absolute atomic E-state index is 0.661. The topological polar surface area (TPSA) is 23.8 Å². The van der Waals surface area contributed by atoms with Gasteiger partial charge in [0.15, 0.2) is 0 Å². The molecule has 0 atom stereocenters. The van der Waals surface area contributed by atoms with E-state index in [-0.39, 0.29) is 0 Å². The molecule has 0 spiro atoms. The van der Waals surface area contributed by atoms with Crippen molar-refractivity contribution in [2.24, 2.45) is 0 Å². The highest BCUT2D eigenvalue weighted by atomic mass is 14.2. The fourth-order valence-electron chi connectivity index (χ4n) is 1.85. The van der Waals surface area contributed by atoms with Crippen LogP contribution in [0, 0.1) is 11.3 Å². The van der Waals surface area contributed by atoms with Gasteiger partial charge >= 0.3 is 0 Å². The lowest BCUT2D eigenvalue weighted by Gasteiger charge is -2.02. The zero-order valence-electron chi connectivity index (χ0n) is 11.1. The van der Waals surface area contributed by atoms with Crippen LogP contribution in [0.4, 0.5) is 0 Å². The summed E-state index contributed by atoms with van der Waals surface area (Å²) in [5.74, 6) is 0. The number of nitriles is 1. The number of allylic oxidation sites excluding steroid dienone is 2. The van der Waals surface area contributed by atoms with Crippen LogP contribution in [0.5, 0.6) is 0 Å². The van der Waals surface area contributed by atoms with Gasteiger partial charge in [-0.1, -0.05) is 57.1 Å². The Morgan fingerprint density at radius 1 is 1.06 bits per heavy atom. The molecule has 1 nitrogen and oxygen atoms in total. The van der Waals surface area contributed by atoms with E-state index in [0.29, 0.717) is 6.42 Å². The van der Waals surface area contributed by atoms with Crippen molar-refractivity contribution in [2.45, 2.75) is 78.1 Å². The first-order valence-corrected chi connectivity index (χ1v) is 6.83. The molecule has 0 aromatic rings. The molecule has 0 radical (unpaired) electrons. The van der Waals surface area contributed by atoms with Gasteiger partial charge in [0.1, 0.15) is 0 Å². The third kappa shape index (κ3) is 11.3. The Morgan fingerprint density at radius 2 is 1.69 bits per heavy atom. The zero-order valence-corrected chi connectivity index (χ0v) is 11.1. The van der Waals surface area contributed by atoms with Crippen LogP contribution in [0.3, 0.4) is 0 Å². The molecular formula is C15H27N. The smallest absolute Gasteiger partial charge is 0.0625 e. The summed E-state index contributed by atoms with van der Waals surface area (Å²) in [4.78, 5) is 0. The van der Waals surface area contributed by atoms with Crippen LogP contribution < -0.4 is 0 Å². The molecule has 0 bridgehead atoms. The normalized spacial score (nSPS) is 11.4. The first-order chi connectivity index (χ1) is 7.81. The molecule has 1 heteroatoms. The van der Waals surface area contributed by atoms with Crippen molar-refractivity contribution in [1.82, 2.24) is 0 Å². The Labute approximate surface area is 102 Å². The van der Waals surface area contributed by atoms with Crippen LogP contribution in [-0.4, -0.2) is 0 Å². The number of hydrogen-bond donors (Lipinski definition) is 0. The van der Waals surface area contributed by atoms with E-state index in [0.717, 1.165) is 6.42 Å². The average Bonchev–Trinajstić information content (AvgIpc) is 2.28. The minimum Gasteiger partial charge on any atom is -0.198 e. The van der Waals surface area contributed by atoms with Crippen molar-refractivity contribution in [1.29, 1.82) is 5.26 Å². The molecule has 16 heavy (non-hydrogen) atoms. The Balaban J connectivity index is 3.24. The Morgan fingerprint density at radius 3 is 2.31 bits per heavy atom. The summed E-state index contributed by atoms with van der Waals surface area (Å²) >= 11 is 0. The maximum absolute atomic E-state index is 8.42. The molecule has 0 amide bonds. The molecule has 0 aliphatic rings. The lowest BCUT2D eigenvalue weighted by molar-refractivity contribution is 0.588. The lowest BCUT2D eigenvalue weighted by atomic mass is 10.0. The van der Waals surface area contributed by atoms with Gasteiger partial charge in [-0.05, 0) is 26.2 Å². The van der Waals surface area contributed by atoms with E-state index in [4.69, 9.17) is 5.26 Å². The van der Waals surface area contributed by atoms with Crippen LogP contribution in [0.1, 0.15) is 78.1 Å². The number of nitrogens with zero attached hydrogens (tertiary/aromatic N) is 1. The molecular weight excluding hydrogens is 194 g/mol. The van der Waals surface area contributed by atoms with Gasteiger partial charge in [0.05, 0.1) is 6.07 Å². The van der Waals surface area contributed by atoms with Crippen LogP contribution >= 0.6 is 0 Å². The predicted molar refractivity (Wildman–Crippen MR) is 71.2 cm³/mol. The summed E-state index contributed by atoms with van der Waals surface area (Å²) in [7, 11) is 0. The minimum atomic E-state index is 0.661. The molecule has 0 fully saturated rings. The molecule has 92 valence electrons. The van der Waals surface area contributed by atoms with Crippen LogP contribution in [0.15, 0.2) is 11.6 Å². The Bertz CT molecular complexity index is 210. The predicted octanol–water partition coefficient (Wildman–Crippen LogP) is 5.38. The van der Waals surface area contributed by atoms with E-state index in [2.05, 4.69) is 26.0 Å². The summed E-state index contributed by atoms with van der Waals surface area (Å²) in [5.41, 5.74) is 1.46. The van der Waals surface area contributed by atoms with Crippen LogP contribution in [0.25, 0.3) is 0 Å². The van der Waals surface area contributed by atoms with Gasteiger partial charge in [-0.2, -0.15) is 5.26 Å². The van der Waals surface area contributed by atoms with Gasteiger partial charge < -0.3 is 0 Å². The van der Waals surface area contributed by atoms with Gasteiger partial charge in [-0.15, -0.1) is 0 Å². The summed E-state index contributed by atoms with van der Waals surface area (Å²) in [6.07, 6.45) is 14.7. The van der Waals surface area contributed by atoms with Crippen molar-refractivity contribution in [2.75, 3.05) is 0 Å². The average molecular weight is 221 g/mol. The second kappa shape index (κ2) is 12.3. The fourth-order valence-corrected chi connectivity index (χ4v) is 1.85. The molecule has 0 saturated heterocycles. The third-order valence-electron chi connectivity index (χ3n) is 2.92. The van der Waals surface area contributed by atoms with Crippen molar-refractivity contribution in [3.8, 4) is 6.07 Å². The first-order valence-electron chi connectivity index (χ1n) is 6.83. The SMILES string of the molecule is CCCCCCCCCC(C)=CCCC#N. The number of rotatable bonds is 10. The quantitative estimate of drug-likeness (QED) is 0.359. The van der Waals surface area contributed by atoms with E-state index in [1.807, 2.05) is 0 Å². The Kier molecular flexibility index (Phi) is 11.7. The molecule has 0 aromatic carbocycles. The largest absolute Gasteiger partial charge is 0.198 e. The molecule has 0 aliphatic carbocycles. The van der Waals surface area contributed by atoms with Gasteiger partial charge in [0, 0.05) is 6.42 Å². The van der Waals surface area contributed by atoms with Gasteiger partial charge in [0.25, 0.3) is 0 Å². The first kappa shape index (κ1) is 15.2. The standard InChI is InChI=1S/C15H27N/c1-3-4-5-6-7-8-9-12-15(2)13-10-11-14-16/h13H,3-12H2,1-2H3. The maximum Gasteiger partial charge on any atom is 0.0625 e. The Hall–Kier alpha value is -0.770. The second-order valence-corrected chi connectivity index (χ2v) is 4.62. The van der Waals surface area contributed by atoms with E-state index >= 15 is 0 Å². The molecule has 0 rings (SSSR count). The summed E-state index contributed by atoms with van der Waals surface area (Å²) < 4.78 is 0. The molecule has 0 unspecified atom stereocenters. The molecule has 0 saturated carbocycles. The van der Waals surface area contributed by atoms with Crippen LogP contribution in [-0.2, 0) is 0 Å². The van der Waals surface area contributed by atoms with Gasteiger partial charge in [-0.3, -0.25) is 0 Å². The van der Waals surface area contributed by atoms with Crippen molar-refractivity contribution >= 4 is 0 Å². The second-order valence-electron chi connectivity index (χ2n) is 4.62. The van der Waals surface area contributed by atoms with E-state index in [1.54, 1.807) is 0 Å². The van der Waals surface area contributed by atoms with E-state index in [1.165, 1.54) is 56.9 Å². The van der Waals surface area contributed by atoms with Gasteiger partial charge in [0.2, 0.25) is 0 Å². The zero-order chi connectivity index (χ0) is 12.1. The molecule has 0 heterocycles. The fraction of sp³-hybridized carbons (Fsp3) is 0.800. The van der Waals surface area contributed by atoms with E-state index < -0.39 is 0 Å². The molecule has 0 N–H and O–H groups in total. The summed E-state index contributed by atoms with van der Waals surface area (Å²) in [6.45, 7) is 4.45. The molecule has 0 aliphatic heterocycles. The van der Waals surface area contributed by atoms with Crippen molar-refractivity contribution in [3.63, 3.8) is 0 Å². The number of unbranched alkanes of at least 4 members (excludes halogenated alkanes) is 7. The molecule has 0 aromatic heterocycles. The summed E-state index contributed by atoms with van der Waals surface area (Å²) in [6, 6.07) is 2.17. The highest BCUT2D eigenvalue weighted by molar-refractivity contribution is 4.98. The van der Waals surface area contributed by atoms with Gasteiger partial charge in [-0.25, -0.2) is 0 Å². The van der Waals surface area contributed by atoms with Crippen LogP contribution in [0.2, 0.25) is 0 Å². The summed E-state index contributed by atoms with van der Waals surface area (Å²) in [5, 5.41) is 8.42. The highest BCUT2D eigenvalue weighted by Gasteiger charge is 1.93. The highest BCUT2D eigenvalue weighted by Crippen LogP contribution is 2.12. The van der Waals surface area contributed by atoms with Crippen molar-refractivity contribution < 1.29 is 0 Å².